The first-order valence-corrected chi connectivity index (χ1v) is 13.7. The summed E-state index contributed by atoms with van der Waals surface area (Å²) in [5, 5.41) is 15.9. The lowest BCUT2D eigenvalue weighted by molar-refractivity contribution is -0.119. The van der Waals surface area contributed by atoms with Crippen LogP contribution in [0.3, 0.4) is 0 Å². The molecule has 0 saturated carbocycles. The molecule has 1 N–H and O–H groups in total. The lowest BCUT2D eigenvalue weighted by atomic mass is 9.96. The number of anilines is 1. The van der Waals surface area contributed by atoms with Crippen molar-refractivity contribution in [2.75, 3.05) is 5.32 Å². The Morgan fingerprint density at radius 1 is 1.07 bits per heavy atom. The molecule has 0 aliphatic carbocycles. The van der Waals surface area contributed by atoms with E-state index in [0.29, 0.717) is 52.5 Å². The summed E-state index contributed by atoms with van der Waals surface area (Å²) in [7, 11) is 1.83. The minimum atomic E-state index is -0.386. The fourth-order valence-electron chi connectivity index (χ4n) is 5.38. The van der Waals surface area contributed by atoms with Crippen molar-refractivity contribution in [3.8, 4) is 28.2 Å². The van der Waals surface area contributed by atoms with Gasteiger partial charge in [-0.3, -0.25) is 23.8 Å². The van der Waals surface area contributed by atoms with Crippen molar-refractivity contribution >= 4 is 23.2 Å². The zero-order valence-electron chi connectivity index (χ0n) is 22.8. The Labute approximate surface area is 240 Å². The molecule has 208 valence electrons. The summed E-state index contributed by atoms with van der Waals surface area (Å²) in [5.41, 5.74) is 5.17. The van der Waals surface area contributed by atoms with Gasteiger partial charge in [0.2, 0.25) is 5.91 Å². The zero-order chi connectivity index (χ0) is 28.7. The van der Waals surface area contributed by atoms with Crippen LogP contribution in [-0.4, -0.2) is 45.2 Å². The molecule has 1 aromatic carbocycles. The van der Waals surface area contributed by atoms with Gasteiger partial charge in [0.25, 0.3) is 5.56 Å². The van der Waals surface area contributed by atoms with Gasteiger partial charge in [-0.15, -0.1) is 5.10 Å². The van der Waals surface area contributed by atoms with E-state index in [0.717, 1.165) is 17.0 Å². The van der Waals surface area contributed by atoms with Crippen LogP contribution in [0.5, 0.6) is 0 Å². The number of aryl methyl sites for hydroxylation is 1. The molecule has 6 rings (SSSR count). The molecular formula is C29H28ClN9O2. The molecule has 41 heavy (non-hydrogen) atoms. The average molecular weight is 570 g/mol. The quantitative estimate of drug-likeness (QED) is 0.336. The maximum Gasteiger partial charge on any atom is 0.257 e. The summed E-state index contributed by atoms with van der Waals surface area (Å²) in [6, 6.07) is 8.81. The van der Waals surface area contributed by atoms with Gasteiger partial charge in [-0.25, -0.2) is 9.67 Å². The number of nitrogens with one attached hydrogen (secondary N) is 1. The predicted molar refractivity (Wildman–Crippen MR) is 155 cm³/mol. The Hall–Kier alpha value is -4.64. The third-order valence-electron chi connectivity index (χ3n) is 7.60. The molecular weight excluding hydrogens is 542 g/mol. The number of amides is 1. The number of hydrogen-bond donors (Lipinski definition) is 1. The Bertz CT molecular complexity index is 1810. The van der Waals surface area contributed by atoms with Gasteiger partial charge in [-0.1, -0.05) is 30.2 Å². The molecule has 4 aromatic heterocycles. The molecule has 11 nitrogen and oxygen atoms in total. The fourth-order valence-corrected chi connectivity index (χ4v) is 5.55. The van der Waals surface area contributed by atoms with Gasteiger partial charge < -0.3 is 5.32 Å². The summed E-state index contributed by atoms with van der Waals surface area (Å²) in [5.74, 6) is -0.277. The topological polar surface area (TPSA) is 125 Å². The second-order valence-electron chi connectivity index (χ2n) is 10.3. The van der Waals surface area contributed by atoms with Gasteiger partial charge in [0.05, 0.1) is 59.4 Å². The van der Waals surface area contributed by atoms with Gasteiger partial charge >= 0.3 is 0 Å². The lowest BCUT2D eigenvalue weighted by Gasteiger charge is -2.23. The van der Waals surface area contributed by atoms with E-state index in [1.54, 1.807) is 64.1 Å². The van der Waals surface area contributed by atoms with E-state index < -0.39 is 0 Å². The number of pyridine rings is 1. The maximum atomic E-state index is 14.0. The van der Waals surface area contributed by atoms with E-state index in [1.165, 1.54) is 0 Å². The first-order valence-electron chi connectivity index (χ1n) is 13.4. The van der Waals surface area contributed by atoms with E-state index in [9.17, 15) is 9.59 Å². The third-order valence-corrected chi connectivity index (χ3v) is 7.83. The molecule has 5 aromatic rings. The van der Waals surface area contributed by atoms with Crippen LogP contribution < -0.4 is 10.9 Å². The Balaban J connectivity index is 1.47. The third kappa shape index (κ3) is 4.93. The highest BCUT2D eigenvalue weighted by Gasteiger charge is 2.25. The largest absolute Gasteiger partial charge is 0.323 e. The zero-order valence-corrected chi connectivity index (χ0v) is 23.6. The van der Waals surface area contributed by atoms with E-state index in [4.69, 9.17) is 16.6 Å². The monoisotopic (exact) mass is 569 g/mol. The van der Waals surface area contributed by atoms with Crippen LogP contribution in [0.2, 0.25) is 5.02 Å². The molecule has 0 fully saturated rings. The van der Waals surface area contributed by atoms with Crippen molar-refractivity contribution in [1.29, 1.82) is 0 Å². The van der Waals surface area contributed by atoms with Gasteiger partial charge in [0, 0.05) is 40.9 Å². The Morgan fingerprint density at radius 3 is 2.73 bits per heavy atom. The van der Waals surface area contributed by atoms with Crippen LogP contribution in [0.15, 0.2) is 66.2 Å². The van der Waals surface area contributed by atoms with Gasteiger partial charge in [-0.05, 0) is 50.1 Å². The number of carbonyl (C=O) groups excluding carboxylic acids is 1. The smallest absolute Gasteiger partial charge is 0.257 e. The van der Waals surface area contributed by atoms with Gasteiger partial charge in [-0.2, -0.15) is 5.10 Å². The molecule has 5 heterocycles. The molecule has 0 saturated heterocycles. The molecule has 0 spiro atoms. The second-order valence-corrected chi connectivity index (χ2v) is 10.7. The van der Waals surface area contributed by atoms with Crippen molar-refractivity contribution in [2.45, 2.75) is 39.2 Å². The molecule has 1 aliphatic heterocycles. The summed E-state index contributed by atoms with van der Waals surface area (Å²) < 4.78 is 4.99. The fraction of sp³-hybridized carbons (Fsp3) is 0.276. The first kappa shape index (κ1) is 26.6. The van der Waals surface area contributed by atoms with E-state index in [-0.39, 0.29) is 23.4 Å². The minimum Gasteiger partial charge on any atom is -0.323 e. The first-order chi connectivity index (χ1) is 19.8. The Morgan fingerprint density at radius 2 is 1.93 bits per heavy atom. The average Bonchev–Trinajstić information content (AvgIpc) is 3.62. The van der Waals surface area contributed by atoms with Crippen molar-refractivity contribution in [1.82, 2.24) is 39.3 Å². The van der Waals surface area contributed by atoms with Gasteiger partial charge in [0.15, 0.2) is 0 Å². The van der Waals surface area contributed by atoms with E-state index in [2.05, 4.69) is 25.7 Å². The highest BCUT2D eigenvalue weighted by atomic mass is 35.5. The minimum absolute atomic E-state index is 0.0607. The van der Waals surface area contributed by atoms with Crippen molar-refractivity contribution in [2.24, 2.45) is 13.0 Å². The number of carbonyl (C=O) groups is 1. The molecule has 1 aliphatic rings. The molecule has 0 unspecified atom stereocenters. The number of fused-ring (bicyclic) bond motifs is 4. The summed E-state index contributed by atoms with van der Waals surface area (Å²) in [4.78, 5) is 36.4. The number of benzene rings is 1. The van der Waals surface area contributed by atoms with E-state index >= 15 is 0 Å². The number of halogens is 1. The predicted octanol–water partition coefficient (Wildman–Crippen LogP) is 4.60. The number of nitrogens with zero attached hydrogens (tertiary/aromatic N) is 8. The van der Waals surface area contributed by atoms with Crippen molar-refractivity contribution in [3.63, 3.8) is 0 Å². The van der Waals surface area contributed by atoms with Crippen LogP contribution >= 0.6 is 11.6 Å². The second kappa shape index (κ2) is 10.7. The Kier molecular flexibility index (Phi) is 6.96. The molecule has 1 amide bonds. The standard InChI is InChI=1S/C29H28ClN9O2/c1-17-5-4-6-25(22-13-19(9-10-31-22)27-23(35-28(17)40)15-34-37(27)3)38-16-32-26(18(2)29(38)41)21-14-20(30)7-8-24(21)39-12-11-33-36-39/h7-17,25H,4-6H2,1-3H3,(H,35,40)/t17-,25+/m1/s1. The lowest BCUT2D eigenvalue weighted by Crippen LogP contribution is -2.29. The molecule has 2 atom stereocenters. The number of aromatic nitrogens is 8. The molecule has 2 bridgehead atoms. The highest BCUT2D eigenvalue weighted by molar-refractivity contribution is 6.31. The van der Waals surface area contributed by atoms with E-state index in [1.807, 2.05) is 32.2 Å². The molecule has 0 radical (unpaired) electrons. The molecule has 12 heteroatoms. The van der Waals surface area contributed by atoms with Crippen molar-refractivity contribution < 1.29 is 4.79 Å². The van der Waals surface area contributed by atoms with Crippen molar-refractivity contribution in [3.05, 3.63) is 88.1 Å². The van der Waals surface area contributed by atoms with Crippen LogP contribution in [0.4, 0.5) is 5.69 Å². The highest BCUT2D eigenvalue weighted by Crippen LogP contribution is 2.33. The van der Waals surface area contributed by atoms with Crippen LogP contribution in [0.25, 0.3) is 28.2 Å². The SMILES string of the molecule is Cc1c(-c2cc(Cl)ccc2-n2ccnn2)ncn([C@H]2CCC[C@@H](C)C(=O)Nc3cnn(C)c3-c3ccnc2c3)c1=O. The summed E-state index contributed by atoms with van der Waals surface area (Å²) in [6.07, 6.45) is 10.2. The normalized spacial score (nSPS) is 17.3. The van der Waals surface area contributed by atoms with Gasteiger partial charge in [0.1, 0.15) is 0 Å². The number of rotatable bonds is 3. The van der Waals surface area contributed by atoms with Crippen LogP contribution in [-0.2, 0) is 11.8 Å². The maximum absolute atomic E-state index is 14.0. The van der Waals surface area contributed by atoms with Crippen LogP contribution in [0.1, 0.15) is 43.5 Å². The van der Waals surface area contributed by atoms with Crippen LogP contribution in [0, 0.1) is 12.8 Å². The summed E-state index contributed by atoms with van der Waals surface area (Å²) >= 11 is 6.36. The number of hydrogen-bond acceptors (Lipinski definition) is 7. The summed E-state index contributed by atoms with van der Waals surface area (Å²) in [6.45, 7) is 3.68.